The molecule has 72 valence electrons. The van der Waals surface area contributed by atoms with Gasteiger partial charge < -0.3 is 9.84 Å². The van der Waals surface area contributed by atoms with E-state index in [1.165, 1.54) is 0 Å². The number of ether oxygens (including phenoxy) is 1. The van der Waals surface area contributed by atoms with Gasteiger partial charge in [-0.2, -0.15) is 0 Å². The highest BCUT2D eigenvalue weighted by Crippen LogP contribution is 2.29. The zero-order chi connectivity index (χ0) is 9.78. The second-order valence-electron chi connectivity index (χ2n) is 3.69. The summed E-state index contributed by atoms with van der Waals surface area (Å²) in [7, 11) is 1.62. The summed E-state index contributed by atoms with van der Waals surface area (Å²) in [6.07, 6.45) is 1.02. The van der Waals surface area contributed by atoms with Gasteiger partial charge in [0.1, 0.15) is 0 Å². The van der Waals surface area contributed by atoms with Crippen molar-refractivity contribution in [2.75, 3.05) is 7.11 Å². The number of hydrogen-bond donors (Lipinski definition) is 1. The molecule has 0 heterocycles. The van der Waals surface area contributed by atoms with E-state index in [1.54, 1.807) is 7.11 Å². The fourth-order valence-corrected chi connectivity index (χ4v) is 1.54. The van der Waals surface area contributed by atoms with Gasteiger partial charge in [-0.1, -0.05) is 20.8 Å². The average molecular weight is 174 g/mol. The highest BCUT2D eigenvalue weighted by molar-refractivity contribution is 5.67. The van der Waals surface area contributed by atoms with Crippen LogP contribution in [0.1, 0.15) is 33.6 Å². The second kappa shape index (κ2) is 4.45. The Morgan fingerprint density at radius 3 is 2.33 bits per heavy atom. The van der Waals surface area contributed by atoms with E-state index in [1.807, 2.05) is 20.8 Å². The normalized spacial score (nSPS) is 14.3. The van der Waals surface area contributed by atoms with E-state index in [0.717, 1.165) is 6.42 Å². The molecular formula is C9H18O3. The summed E-state index contributed by atoms with van der Waals surface area (Å²) in [5.41, 5.74) is -0.282. The molecule has 12 heavy (non-hydrogen) atoms. The van der Waals surface area contributed by atoms with Gasteiger partial charge in [0.2, 0.25) is 0 Å². The Labute approximate surface area is 73.7 Å². The molecule has 0 bridgehead atoms. The van der Waals surface area contributed by atoms with Crippen LogP contribution >= 0.6 is 0 Å². The van der Waals surface area contributed by atoms with Gasteiger partial charge in [0, 0.05) is 12.5 Å². The zero-order valence-electron chi connectivity index (χ0n) is 8.26. The molecule has 1 atom stereocenters. The number of carboxylic acid groups (broad SMARTS) is 1. The van der Waals surface area contributed by atoms with E-state index < -0.39 is 5.97 Å². The topological polar surface area (TPSA) is 46.5 Å². The van der Waals surface area contributed by atoms with E-state index >= 15 is 0 Å². The maximum atomic E-state index is 10.5. The van der Waals surface area contributed by atoms with Crippen molar-refractivity contribution < 1.29 is 14.6 Å². The average Bonchev–Trinajstić information content (AvgIpc) is 1.85. The van der Waals surface area contributed by atoms with Crippen LogP contribution in [0.25, 0.3) is 0 Å². The van der Waals surface area contributed by atoms with Crippen LogP contribution < -0.4 is 0 Å². The summed E-state index contributed by atoms with van der Waals surface area (Å²) in [6.45, 7) is 5.83. The molecular weight excluding hydrogens is 156 g/mol. The van der Waals surface area contributed by atoms with E-state index in [4.69, 9.17) is 9.84 Å². The van der Waals surface area contributed by atoms with Crippen LogP contribution in [0.4, 0.5) is 0 Å². The van der Waals surface area contributed by atoms with Crippen molar-refractivity contribution in [2.45, 2.75) is 39.7 Å². The first kappa shape index (κ1) is 11.4. The molecule has 0 aliphatic heterocycles. The molecule has 0 aliphatic carbocycles. The lowest BCUT2D eigenvalue weighted by Crippen LogP contribution is -2.32. The van der Waals surface area contributed by atoms with Crippen molar-refractivity contribution in [1.82, 2.24) is 0 Å². The number of aliphatic carboxylic acids is 1. The highest BCUT2D eigenvalue weighted by atomic mass is 16.5. The fourth-order valence-electron chi connectivity index (χ4n) is 1.54. The van der Waals surface area contributed by atoms with Crippen LogP contribution in [0.3, 0.4) is 0 Å². The Morgan fingerprint density at radius 2 is 2.08 bits per heavy atom. The van der Waals surface area contributed by atoms with Crippen LogP contribution in [0.2, 0.25) is 0 Å². The van der Waals surface area contributed by atoms with E-state index in [9.17, 15) is 4.79 Å². The monoisotopic (exact) mass is 174 g/mol. The van der Waals surface area contributed by atoms with E-state index in [-0.39, 0.29) is 17.9 Å². The molecule has 0 saturated heterocycles. The fraction of sp³-hybridized carbons (Fsp3) is 0.889. The molecule has 0 amide bonds. The lowest BCUT2D eigenvalue weighted by molar-refractivity contribution is -0.141. The molecule has 1 unspecified atom stereocenters. The molecule has 3 heteroatoms. The third-order valence-corrected chi connectivity index (χ3v) is 2.13. The Hall–Kier alpha value is -0.570. The summed E-state index contributed by atoms with van der Waals surface area (Å²) in [4.78, 5) is 10.5. The predicted octanol–water partition coefficient (Wildman–Crippen LogP) is 1.91. The number of methoxy groups -OCH3 is 1. The minimum atomic E-state index is -0.768. The Balaban J connectivity index is 4.24. The summed E-state index contributed by atoms with van der Waals surface area (Å²) < 4.78 is 5.20. The van der Waals surface area contributed by atoms with Crippen LogP contribution in [0.15, 0.2) is 0 Å². The SMILES string of the molecule is CCC(OC)C(C)(C)CC(=O)O. The number of carbonyl (C=O) groups is 1. The van der Waals surface area contributed by atoms with Gasteiger partial charge in [-0.3, -0.25) is 4.79 Å². The Bertz CT molecular complexity index is 148. The first-order chi connectivity index (χ1) is 5.44. The van der Waals surface area contributed by atoms with Gasteiger partial charge >= 0.3 is 5.97 Å². The van der Waals surface area contributed by atoms with Crippen molar-refractivity contribution in [3.8, 4) is 0 Å². The van der Waals surface area contributed by atoms with Crippen LogP contribution in [0, 0.1) is 5.41 Å². The van der Waals surface area contributed by atoms with Crippen LogP contribution in [0.5, 0.6) is 0 Å². The predicted molar refractivity (Wildman–Crippen MR) is 47.1 cm³/mol. The molecule has 1 N–H and O–H groups in total. The molecule has 0 aromatic carbocycles. The van der Waals surface area contributed by atoms with Gasteiger partial charge in [0.15, 0.2) is 0 Å². The molecule has 0 saturated carbocycles. The minimum Gasteiger partial charge on any atom is -0.481 e. The summed E-state index contributed by atoms with van der Waals surface area (Å²) in [6, 6.07) is 0. The summed E-state index contributed by atoms with van der Waals surface area (Å²) >= 11 is 0. The van der Waals surface area contributed by atoms with E-state index in [2.05, 4.69) is 0 Å². The molecule has 3 nitrogen and oxygen atoms in total. The zero-order valence-corrected chi connectivity index (χ0v) is 8.26. The summed E-state index contributed by atoms with van der Waals surface area (Å²) in [5, 5.41) is 8.63. The van der Waals surface area contributed by atoms with Gasteiger partial charge in [-0.05, 0) is 6.42 Å². The number of rotatable bonds is 5. The molecule has 0 rings (SSSR count). The lowest BCUT2D eigenvalue weighted by Gasteiger charge is -2.30. The van der Waals surface area contributed by atoms with E-state index in [0.29, 0.717) is 0 Å². The third-order valence-electron chi connectivity index (χ3n) is 2.13. The Morgan fingerprint density at radius 1 is 1.58 bits per heavy atom. The smallest absolute Gasteiger partial charge is 0.303 e. The van der Waals surface area contributed by atoms with Crippen molar-refractivity contribution >= 4 is 5.97 Å². The van der Waals surface area contributed by atoms with Crippen LogP contribution in [-0.2, 0) is 9.53 Å². The minimum absolute atomic E-state index is 0.0219. The van der Waals surface area contributed by atoms with Crippen molar-refractivity contribution in [3.05, 3.63) is 0 Å². The second-order valence-corrected chi connectivity index (χ2v) is 3.69. The summed E-state index contributed by atoms with van der Waals surface area (Å²) in [5.74, 6) is -0.768. The first-order valence-corrected chi connectivity index (χ1v) is 4.18. The number of carboxylic acids is 1. The third kappa shape index (κ3) is 3.22. The lowest BCUT2D eigenvalue weighted by atomic mass is 9.82. The van der Waals surface area contributed by atoms with Gasteiger partial charge in [0.05, 0.1) is 12.5 Å². The largest absolute Gasteiger partial charge is 0.481 e. The molecule has 0 aromatic rings. The molecule has 0 spiro atoms. The van der Waals surface area contributed by atoms with Gasteiger partial charge in [-0.15, -0.1) is 0 Å². The van der Waals surface area contributed by atoms with Crippen molar-refractivity contribution in [3.63, 3.8) is 0 Å². The van der Waals surface area contributed by atoms with Gasteiger partial charge in [0.25, 0.3) is 0 Å². The van der Waals surface area contributed by atoms with Crippen LogP contribution in [-0.4, -0.2) is 24.3 Å². The van der Waals surface area contributed by atoms with Crippen molar-refractivity contribution in [1.29, 1.82) is 0 Å². The maximum Gasteiger partial charge on any atom is 0.303 e. The highest BCUT2D eigenvalue weighted by Gasteiger charge is 2.30. The molecule has 0 radical (unpaired) electrons. The van der Waals surface area contributed by atoms with Crippen molar-refractivity contribution in [2.24, 2.45) is 5.41 Å². The maximum absolute atomic E-state index is 10.5. The molecule has 0 aromatic heterocycles. The Kier molecular flexibility index (Phi) is 4.24. The molecule has 0 fully saturated rings. The van der Waals surface area contributed by atoms with Gasteiger partial charge in [-0.25, -0.2) is 0 Å². The number of hydrogen-bond acceptors (Lipinski definition) is 2. The molecule has 0 aliphatic rings. The quantitative estimate of drug-likeness (QED) is 0.692. The standard InChI is InChI=1S/C9H18O3/c1-5-7(12-4)9(2,3)6-8(10)11/h7H,5-6H2,1-4H3,(H,10,11). The first-order valence-electron chi connectivity index (χ1n) is 4.18.